The van der Waals surface area contributed by atoms with Crippen LogP contribution in [0.15, 0.2) is 0 Å². The average molecular weight is 225 g/mol. The third-order valence-corrected chi connectivity index (χ3v) is 2.26. The van der Waals surface area contributed by atoms with Crippen molar-refractivity contribution in [1.82, 2.24) is 5.06 Å². The fraction of sp³-hybridized carbons (Fsp3) is 0.636. The van der Waals surface area contributed by atoms with Crippen LogP contribution < -0.4 is 0 Å². The Morgan fingerprint density at radius 1 is 1.69 bits per heavy atom. The lowest BCUT2D eigenvalue weighted by atomic mass is 10.3. The molecule has 1 atom stereocenters. The second kappa shape index (κ2) is 6.13. The van der Waals surface area contributed by atoms with Crippen molar-refractivity contribution in [2.75, 3.05) is 13.2 Å². The highest BCUT2D eigenvalue weighted by Gasteiger charge is 2.30. The molecule has 0 saturated carbocycles. The maximum absolute atomic E-state index is 11.3. The molecule has 1 amide bonds. The van der Waals surface area contributed by atoms with E-state index < -0.39 is 5.97 Å². The summed E-state index contributed by atoms with van der Waals surface area (Å²) in [6.07, 6.45) is 6.22. The molecule has 5 nitrogen and oxygen atoms in total. The van der Waals surface area contributed by atoms with Crippen LogP contribution in [-0.2, 0) is 19.2 Å². The predicted octanol–water partition coefficient (Wildman–Crippen LogP) is 0.495. The minimum absolute atomic E-state index is 0.0388. The summed E-state index contributed by atoms with van der Waals surface area (Å²) in [6.45, 7) is 2.22. The van der Waals surface area contributed by atoms with Gasteiger partial charge in [0.2, 0.25) is 0 Å². The van der Waals surface area contributed by atoms with E-state index in [-0.39, 0.29) is 31.6 Å². The summed E-state index contributed by atoms with van der Waals surface area (Å²) in [4.78, 5) is 27.5. The minimum Gasteiger partial charge on any atom is -0.368 e. The number of hydroxylamine groups is 2. The number of nitrogens with zero attached hydrogens (tertiary/aromatic N) is 1. The quantitative estimate of drug-likeness (QED) is 0.505. The Hall–Kier alpha value is -1.54. The maximum atomic E-state index is 11.3. The molecule has 0 radical (unpaired) electrons. The third-order valence-electron chi connectivity index (χ3n) is 2.26. The maximum Gasteiger partial charge on any atom is 0.334 e. The number of amides is 1. The Bertz CT molecular complexity index is 308. The van der Waals surface area contributed by atoms with E-state index in [1.807, 2.05) is 6.92 Å². The van der Waals surface area contributed by atoms with Gasteiger partial charge < -0.3 is 9.57 Å². The molecule has 0 spiro atoms. The molecule has 1 unspecified atom stereocenters. The van der Waals surface area contributed by atoms with Gasteiger partial charge in [0.15, 0.2) is 0 Å². The van der Waals surface area contributed by atoms with E-state index in [2.05, 4.69) is 5.92 Å². The van der Waals surface area contributed by atoms with E-state index in [4.69, 9.17) is 16.0 Å². The number of ether oxygens (including phenoxy) is 1. The molecule has 0 N–H and O–H groups in total. The summed E-state index contributed by atoms with van der Waals surface area (Å²) in [5.41, 5.74) is 0. The zero-order valence-corrected chi connectivity index (χ0v) is 9.27. The topological polar surface area (TPSA) is 55.8 Å². The van der Waals surface area contributed by atoms with Crippen molar-refractivity contribution < 1.29 is 19.2 Å². The highest BCUT2D eigenvalue weighted by Crippen LogP contribution is 2.18. The lowest BCUT2D eigenvalue weighted by Gasteiger charge is -2.19. The van der Waals surface area contributed by atoms with Crippen LogP contribution in [0.25, 0.3) is 0 Å². The predicted molar refractivity (Wildman–Crippen MR) is 55.9 cm³/mol. The monoisotopic (exact) mass is 225 g/mol. The largest absolute Gasteiger partial charge is 0.368 e. The van der Waals surface area contributed by atoms with Gasteiger partial charge in [0.05, 0.1) is 19.1 Å². The van der Waals surface area contributed by atoms with Crippen molar-refractivity contribution in [2.45, 2.75) is 32.2 Å². The smallest absolute Gasteiger partial charge is 0.334 e. The van der Waals surface area contributed by atoms with Gasteiger partial charge in [-0.15, -0.1) is 6.42 Å². The van der Waals surface area contributed by atoms with Crippen molar-refractivity contribution in [1.29, 1.82) is 0 Å². The fourth-order valence-electron chi connectivity index (χ4n) is 1.39. The Morgan fingerprint density at radius 3 is 3.00 bits per heavy atom. The standard InChI is InChI=1S/C11H15NO4/c1-3-7-15-8-6-11(14)16-12-9(2)4-5-10(12)13/h1,9H,4-8H2,2H3. The Balaban J connectivity index is 2.23. The molecule has 16 heavy (non-hydrogen) atoms. The average Bonchev–Trinajstić information content (AvgIpc) is 2.56. The van der Waals surface area contributed by atoms with Crippen molar-refractivity contribution in [3.63, 3.8) is 0 Å². The zero-order chi connectivity index (χ0) is 12.0. The molecule has 0 aromatic carbocycles. The van der Waals surface area contributed by atoms with Crippen molar-refractivity contribution in [3.8, 4) is 12.3 Å². The first kappa shape index (κ1) is 12.5. The molecule has 88 valence electrons. The van der Waals surface area contributed by atoms with Gasteiger partial charge in [-0.25, -0.2) is 4.79 Å². The molecule has 0 aromatic heterocycles. The van der Waals surface area contributed by atoms with Gasteiger partial charge in [-0.3, -0.25) is 4.79 Å². The molecule has 1 fully saturated rings. The fourth-order valence-corrected chi connectivity index (χ4v) is 1.39. The van der Waals surface area contributed by atoms with Gasteiger partial charge in [0.1, 0.15) is 6.61 Å². The van der Waals surface area contributed by atoms with Gasteiger partial charge in [-0.1, -0.05) is 5.92 Å². The van der Waals surface area contributed by atoms with Crippen molar-refractivity contribution in [2.24, 2.45) is 0 Å². The van der Waals surface area contributed by atoms with E-state index in [1.54, 1.807) is 0 Å². The third kappa shape index (κ3) is 3.55. The van der Waals surface area contributed by atoms with Crippen LogP contribution in [0.1, 0.15) is 26.2 Å². The molecule has 5 heteroatoms. The normalized spacial score (nSPS) is 19.6. The van der Waals surface area contributed by atoms with Crippen LogP contribution in [0.2, 0.25) is 0 Å². The summed E-state index contributed by atoms with van der Waals surface area (Å²) in [7, 11) is 0. The number of hydrogen-bond donors (Lipinski definition) is 0. The zero-order valence-electron chi connectivity index (χ0n) is 9.27. The van der Waals surface area contributed by atoms with Crippen LogP contribution >= 0.6 is 0 Å². The summed E-state index contributed by atoms with van der Waals surface area (Å²) in [6, 6.07) is -0.0388. The Morgan fingerprint density at radius 2 is 2.44 bits per heavy atom. The van der Waals surface area contributed by atoms with Crippen LogP contribution in [0, 0.1) is 12.3 Å². The molecule has 1 rings (SSSR count). The highest BCUT2D eigenvalue weighted by molar-refractivity contribution is 5.80. The molecule has 1 aliphatic rings. The molecule has 1 aliphatic heterocycles. The van der Waals surface area contributed by atoms with Gasteiger partial charge in [0, 0.05) is 6.42 Å². The number of rotatable bonds is 5. The number of carbonyl (C=O) groups excluding carboxylic acids is 2. The first-order valence-corrected chi connectivity index (χ1v) is 5.19. The first-order valence-electron chi connectivity index (χ1n) is 5.19. The molecule has 1 heterocycles. The van der Waals surface area contributed by atoms with E-state index in [9.17, 15) is 9.59 Å². The first-order chi connectivity index (χ1) is 7.65. The minimum atomic E-state index is -0.473. The van der Waals surface area contributed by atoms with E-state index >= 15 is 0 Å². The Kier molecular flexibility index (Phi) is 4.80. The molecule has 1 saturated heterocycles. The second-order valence-electron chi connectivity index (χ2n) is 3.58. The van der Waals surface area contributed by atoms with Crippen LogP contribution in [-0.4, -0.2) is 36.2 Å². The number of carbonyl (C=O) groups is 2. The summed E-state index contributed by atoms with van der Waals surface area (Å²) < 4.78 is 4.93. The summed E-state index contributed by atoms with van der Waals surface area (Å²) in [5, 5.41) is 1.14. The Labute approximate surface area is 94.6 Å². The van der Waals surface area contributed by atoms with Gasteiger partial charge in [-0.2, -0.15) is 5.06 Å². The second-order valence-corrected chi connectivity index (χ2v) is 3.58. The van der Waals surface area contributed by atoms with Gasteiger partial charge >= 0.3 is 5.97 Å². The van der Waals surface area contributed by atoms with Crippen LogP contribution in [0.3, 0.4) is 0 Å². The van der Waals surface area contributed by atoms with Crippen LogP contribution in [0.4, 0.5) is 0 Å². The molecular weight excluding hydrogens is 210 g/mol. The lowest BCUT2D eigenvalue weighted by molar-refractivity contribution is -0.200. The lowest BCUT2D eigenvalue weighted by Crippen LogP contribution is -2.33. The SMILES string of the molecule is C#CCOCCC(=O)ON1C(=O)CCC1C. The highest BCUT2D eigenvalue weighted by atomic mass is 16.7. The van der Waals surface area contributed by atoms with Gasteiger partial charge in [-0.05, 0) is 13.3 Å². The van der Waals surface area contributed by atoms with Crippen LogP contribution in [0.5, 0.6) is 0 Å². The van der Waals surface area contributed by atoms with Crippen molar-refractivity contribution in [3.05, 3.63) is 0 Å². The molecular formula is C11H15NO4. The molecule has 0 aliphatic carbocycles. The molecule has 0 bridgehead atoms. The summed E-state index contributed by atoms with van der Waals surface area (Å²) in [5.74, 6) is 1.67. The molecule has 0 aromatic rings. The number of hydrogen-bond acceptors (Lipinski definition) is 4. The van der Waals surface area contributed by atoms with Crippen molar-refractivity contribution >= 4 is 11.9 Å². The van der Waals surface area contributed by atoms with E-state index in [1.165, 1.54) is 0 Å². The van der Waals surface area contributed by atoms with E-state index in [0.29, 0.717) is 6.42 Å². The number of terminal acetylenes is 1. The van der Waals surface area contributed by atoms with Gasteiger partial charge in [0.25, 0.3) is 5.91 Å². The van der Waals surface area contributed by atoms with E-state index in [0.717, 1.165) is 11.5 Å². The summed E-state index contributed by atoms with van der Waals surface area (Å²) >= 11 is 0.